The molecule has 0 aliphatic heterocycles. The van der Waals surface area contributed by atoms with Crippen molar-refractivity contribution in [1.82, 2.24) is 0 Å². The molecular weight excluding hydrogens is 172 g/mol. The molecule has 0 saturated carbocycles. The third-order valence-corrected chi connectivity index (χ3v) is 4.84. The minimum Gasteiger partial charge on any atom is -0.228 e. The molecule has 0 aromatic heterocycles. The Bertz CT molecular complexity index is 204. The molecule has 0 fully saturated rings. The zero-order chi connectivity index (χ0) is 9.50. The van der Waals surface area contributed by atoms with Crippen LogP contribution in [0.1, 0.15) is 49.0 Å². The van der Waals surface area contributed by atoms with Gasteiger partial charge >= 0.3 is 0 Å². The second-order valence-corrected chi connectivity index (χ2v) is 8.18. The summed E-state index contributed by atoms with van der Waals surface area (Å²) in [4.78, 5) is 0. The highest BCUT2D eigenvalue weighted by Crippen LogP contribution is 2.27. The van der Waals surface area contributed by atoms with E-state index in [0.29, 0.717) is 0 Å². The van der Waals surface area contributed by atoms with Gasteiger partial charge in [0.25, 0.3) is 0 Å². The molecule has 0 N–H and O–H groups in total. The molecule has 0 saturated heterocycles. The summed E-state index contributed by atoms with van der Waals surface area (Å²) in [6.07, 6.45) is 0. The summed E-state index contributed by atoms with van der Waals surface area (Å²) < 4.78 is 22.1. The number of hydrogen-bond donors (Lipinski definition) is 0. The molecule has 0 aromatic carbocycles. The van der Waals surface area contributed by atoms with E-state index >= 15 is 0 Å². The summed E-state index contributed by atoms with van der Waals surface area (Å²) in [6, 6.07) is 0. The van der Waals surface area contributed by atoms with Crippen molar-refractivity contribution in [1.29, 1.82) is 0 Å². The van der Waals surface area contributed by atoms with Crippen molar-refractivity contribution < 1.29 is 8.42 Å². The molecule has 12 heavy (non-hydrogen) atoms. The van der Waals surface area contributed by atoms with Gasteiger partial charge in [0.1, 0.15) is 0 Å². The SMILES string of the molecule is C.CC(C)(C)S(=O)(=O)C(C)(C)C. The van der Waals surface area contributed by atoms with Crippen molar-refractivity contribution in [2.45, 2.75) is 58.5 Å². The largest absolute Gasteiger partial charge is 0.228 e. The van der Waals surface area contributed by atoms with E-state index in [1.807, 2.05) is 0 Å². The van der Waals surface area contributed by atoms with Gasteiger partial charge in [0.2, 0.25) is 0 Å². The van der Waals surface area contributed by atoms with Crippen LogP contribution in [0.4, 0.5) is 0 Å². The van der Waals surface area contributed by atoms with Gasteiger partial charge in [-0.3, -0.25) is 0 Å². The summed E-state index contributed by atoms with van der Waals surface area (Å²) in [5.41, 5.74) is 0. The molecule has 0 aliphatic rings. The number of hydrogen-bond acceptors (Lipinski definition) is 2. The third-order valence-electron chi connectivity index (χ3n) is 1.61. The zero-order valence-electron chi connectivity index (χ0n) is 8.22. The van der Waals surface area contributed by atoms with Crippen LogP contribution in [0.15, 0.2) is 0 Å². The Hall–Kier alpha value is -0.0500. The lowest BCUT2D eigenvalue weighted by atomic mass is 10.2. The molecule has 0 aromatic rings. The lowest BCUT2D eigenvalue weighted by Gasteiger charge is -2.29. The van der Waals surface area contributed by atoms with E-state index in [1.54, 1.807) is 41.5 Å². The van der Waals surface area contributed by atoms with Crippen LogP contribution in [0.25, 0.3) is 0 Å². The Morgan fingerprint density at radius 1 is 0.750 bits per heavy atom. The van der Waals surface area contributed by atoms with E-state index < -0.39 is 19.3 Å². The maximum atomic E-state index is 11.7. The molecule has 0 rings (SSSR count). The predicted octanol–water partition coefficient (Wildman–Crippen LogP) is 2.63. The minimum absolute atomic E-state index is 0. The molecule has 0 aliphatic carbocycles. The molecular formula is C9H22O2S. The van der Waals surface area contributed by atoms with Crippen molar-refractivity contribution >= 4 is 9.84 Å². The van der Waals surface area contributed by atoms with Gasteiger partial charge in [0, 0.05) is 0 Å². The van der Waals surface area contributed by atoms with Crippen LogP contribution in [-0.2, 0) is 9.84 Å². The van der Waals surface area contributed by atoms with Gasteiger partial charge in [0.15, 0.2) is 9.84 Å². The first-order valence-corrected chi connectivity index (χ1v) is 5.22. The van der Waals surface area contributed by atoms with E-state index in [1.165, 1.54) is 0 Å². The van der Waals surface area contributed by atoms with Gasteiger partial charge in [-0.15, -0.1) is 0 Å². The standard InChI is InChI=1S/C8H18O2S.CH4/c1-7(2,3)11(9,10)8(4,5)6;/h1-6H3;1H4. The number of rotatable bonds is 0. The highest BCUT2D eigenvalue weighted by Gasteiger charge is 2.39. The molecule has 0 bridgehead atoms. The van der Waals surface area contributed by atoms with Crippen LogP contribution < -0.4 is 0 Å². The van der Waals surface area contributed by atoms with Crippen LogP contribution in [0.2, 0.25) is 0 Å². The van der Waals surface area contributed by atoms with Gasteiger partial charge in [-0.1, -0.05) is 7.43 Å². The fourth-order valence-corrected chi connectivity index (χ4v) is 2.76. The summed E-state index contributed by atoms with van der Waals surface area (Å²) in [5.74, 6) is 0. The molecule has 0 spiro atoms. The molecule has 0 unspecified atom stereocenters. The summed E-state index contributed by atoms with van der Waals surface area (Å²) in [6.45, 7) is 10.4. The number of sulfone groups is 1. The lowest BCUT2D eigenvalue weighted by Crippen LogP contribution is -2.41. The topological polar surface area (TPSA) is 34.1 Å². The fourth-order valence-electron chi connectivity index (χ4n) is 0.919. The Morgan fingerprint density at radius 2 is 0.917 bits per heavy atom. The van der Waals surface area contributed by atoms with Gasteiger partial charge in [-0.2, -0.15) is 0 Å². The minimum atomic E-state index is -3.01. The molecule has 76 valence electrons. The monoisotopic (exact) mass is 194 g/mol. The van der Waals surface area contributed by atoms with E-state index in [2.05, 4.69) is 0 Å². The highest BCUT2D eigenvalue weighted by molar-refractivity contribution is 7.94. The summed E-state index contributed by atoms with van der Waals surface area (Å²) >= 11 is 0. The Kier molecular flexibility index (Phi) is 4.06. The van der Waals surface area contributed by atoms with Gasteiger partial charge in [-0.05, 0) is 41.5 Å². The quantitative estimate of drug-likeness (QED) is 0.594. The Labute approximate surface area is 77.3 Å². The average Bonchev–Trinajstić information content (AvgIpc) is 1.58. The van der Waals surface area contributed by atoms with Crippen molar-refractivity contribution in [2.24, 2.45) is 0 Å². The van der Waals surface area contributed by atoms with Crippen LogP contribution in [0.5, 0.6) is 0 Å². The molecule has 2 nitrogen and oxygen atoms in total. The maximum Gasteiger partial charge on any atom is 0.160 e. The van der Waals surface area contributed by atoms with E-state index in [0.717, 1.165) is 0 Å². The zero-order valence-corrected chi connectivity index (χ0v) is 9.04. The van der Waals surface area contributed by atoms with E-state index in [9.17, 15) is 8.42 Å². The van der Waals surface area contributed by atoms with Gasteiger partial charge in [0.05, 0.1) is 9.49 Å². The van der Waals surface area contributed by atoms with Gasteiger partial charge in [-0.25, -0.2) is 8.42 Å². The average molecular weight is 194 g/mol. The first-order chi connectivity index (χ1) is 4.50. The second kappa shape index (κ2) is 3.36. The first-order valence-electron chi connectivity index (χ1n) is 3.74. The van der Waals surface area contributed by atoms with Crippen LogP contribution in [0, 0.1) is 0 Å². The van der Waals surface area contributed by atoms with E-state index in [-0.39, 0.29) is 7.43 Å². The smallest absolute Gasteiger partial charge is 0.160 e. The van der Waals surface area contributed by atoms with Crippen LogP contribution in [-0.4, -0.2) is 17.9 Å². The van der Waals surface area contributed by atoms with Crippen molar-refractivity contribution in [3.8, 4) is 0 Å². The molecule has 0 atom stereocenters. The predicted molar refractivity (Wildman–Crippen MR) is 55.2 cm³/mol. The first kappa shape index (κ1) is 14.5. The normalized spacial score (nSPS) is 13.8. The third kappa shape index (κ3) is 2.47. The Balaban J connectivity index is 0. The second-order valence-electron chi connectivity index (χ2n) is 4.73. The molecule has 0 amide bonds. The van der Waals surface area contributed by atoms with Crippen molar-refractivity contribution in [2.75, 3.05) is 0 Å². The summed E-state index contributed by atoms with van der Waals surface area (Å²) in [5, 5.41) is 0. The highest BCUT2D eigenvalue weighted by atomic mass is 32.2. The van der Waals surface area contributed by atoms with Crippen LogP contribution >= 0.6 is 0 Å². The molecule has 3 heteroatoms. The van der Waals surface area contributed by atoms with Crippen LogP contribution in [0.3, 0.4) is 0 Å². The van der Waals surface area contributed by atoms with E-state index in [4.69, 9.17) is 0 Å². The molecule has 0 radical (unpaired) electrons. The van der Waals surface area contributed by atoms with Gasteiger partial charge < -0.3 is 0 Å². The Morgan fingerprint density at radius 3 is 0.917 bits per heavy atom. The van der Waals surface area contributed by atoms with Crippen molar-refractivity contribution in [3.05, 3.63) is 0 Å². The lowest BCUT2D eigenvalue weighted by molar-refractivity contribution is 0.525. The maximum absolute atomic E-state index is 11.7. The van der Waals surface area contributed by atoms with Crippen molar-refractivity contribution in [3.63, 3.8) is 0 Å². The molecule has 0 heterocycles. The fraction of sp³-hybridized carbons (Fsp3) is 1.00. The summed E-state index contributed by atoms with van der Waals surface area (Å²) in [7, 11) is -3.01.